The van der Waals surface area contributed by atoms with E-state index < -0.39 is 19.5 Å². The summed E-state index contributed by atoms with van der Waals surface area (Å²) >= 11 is 24.3. The summed E-state index contributed by atoms with van der Waals surface area (Å²) in [6.07, 6.45) is 3.66. The van der Waals surface area contributed by atoms with Crippen molar-refractivity contribution < 1.29 is 9.05 Å². The van der Waals surface area contributed by atoms with Gasteiger partial charge in [-0.15, -0.1) is 0 Å². The van der Waals surface area contributed by atoms with E-state index in [4.69, 9.17) is 54.0 Å². The predicted molar refractivity (Wildman–Crippen MR) is 93.2 cm³/mol. The van der Waals surface area contributed by atoms with Crippen molar-refractivity contribution in [3.8, 4) is 0 Å². The van der Waals surface area contributed by atoms with Crippen LogP contribution in [0.3, 0.4) is 0 Å². The van der Waals surface area contributed by atoms with Crippen molar-refractivity contribution in [3.63, 3.8) is 0 Å². The fraction of sp³-hybridized carbons (Fsp3) is 1.00. The van der Waals surface area contributed by atoms with Crippen molar-refractivity contribution in [2.24, 2.45) is 13.5 Å². The van der Waals surface area contributed by atoms with E-state index in [0.717, 1.165) is 25.7 Å². The van der Waals surface area contributed by atoms with Gasteiger partial charge in [0.25, 0.3) is 11.8 Å². The lowest BCUT2D eigenvalue weighted by atomic mass is 10.4. The highest BCUT2D eigenvalue weighted by Gasteiger charge is 2.35. The van der Waals surface area contributed by atoms with E-state index in [9.17, 15) is 0 Å². The van der Waals surface area contributed by atoms with Gasteiger partial charge in [-0.25, -0.2) is 0 Å². The lowest BCUT2D eigenvalue weighted by molar-refractivity contribution is 0.235. The van der Waals surface area contributed by atoms with Crippen molar-refractivity contribution in [1.29, 1.82) is 0 Å². The maximum Gasteiger partial charge on any atom is 0.345 e. The Kier molecular flexibility index (Phi) is 8.50. The molecule has 0 atom stereocenters. The van der Waals surface area contributed by atoms with Crippen LogP contribution in [0.2, 0.25) is 0 Å². The smallest absolute Gasteiger partial charge is 0.306 e. The number of nitrogens with zero attached hydrogens (tertiary/aromatic N) is 3. The van der Waals surface area contributed by atoms with Gasteiger partial charge in [0.15, 0.2) is 0 Å². The van der Waals surface area contributed by atoms with Gasteiger partial charge < -0.3 is 9.05 Å². The predicted octanol–water partition coefficient (Wildman–Crippen LogP) is 8.43. The molecule has 0 spiro atoms. The molecule has 1 rings (SSSR count). The Morgan fingerprint density at radius 2 is 1.20 bits per heavy atom. The zero-order valence-corrected chi connectivity index (χ0v) is 17.0. The monoisotopic (exact) mass is 421 g/mol. The van der Waals surface area contributed by atoms with Crippen LogP contribution in [-0.4, -0.2) is 13.2 Å². The van der Waals surface area contributed by atoms with Crippen molar-refractivity contribution in [3.05, 3.63) is 0 Å². The Morgan fingerprint density at radius 1 is 0.750 bits per heavy atom. The first-order valence-corrected chi connectivity index (χ1v) is 14.8. The Bertz CT molecular complexity index is 466. The Hall–Kier alpha value is 1.77. The SMILES string of the molecule is CCCCOP1(OCCCC)=NP(Cl)(Cl)=NP(Cl)(Cl)=N1. The topological polar surface area (TPSA) is 55.5 Å². The molecule has 0 unspecified atom stereocenters. The lowest BCUT2D eigenvalue weighted by Gasteiger charge is -2.25. The fourth-order valence-corrected chi connectivity index (χ4v) is 15.3. The minimum atomic E-state index is -2.99. The molecule has 0 saturated carbocycles. The standard InChI is InChI=1S/C8H18Cl4N3O2P3/c1-3-5-7-16-20(17-8-6-4-2)14-18(9,10)13-19(11,12)15-20/h3-8H2,1-2H3. The van der Waals surface area contributed by atoms with Crippen molar-refractivity contribution >= 4 is 64.4 Å². The number of hydrogen-bond donors (Lipinski definition) is 0. The molecule has 0 aliphatic carbocycles. The molecule has 0 fully saturated rings. The van der Waals surface area contributed by atoms with E-state index in [-0.39, 0.29) is 0 Å². The van der Waals surface area contributed by atoms with E-state index in [2.05, 4.69) is 27.4 Å². The summed E-state index contributed by atoms with van der Waals surface area (Å²) in [6, 6.07) is 0. The van der Waals surface area contributed by atoms with Crippen LogP contribution in [-0.2, 0) is 9.05 Å². The second kappa shape index (κ2) is 8.57. The molecule has 5 nitrogen and oxygen atoms in total. The molecule has 0 aromatic heterocycles. The Labute approximate surface area is 139 Å². The first-order chi connectivity index (χ1) is 9.24. The normalized spacial score (nSPS) is 22.5. The van der Waals surface area contributed by atoms with Crippen LogP contribution in [0.1, 0.15) is 39.5 Å². The highest BCUT2D eigenvalue weighted by molar-refractivity contribution is 8.20. The molecule has 0 saturated heterocycles. The maximum absolute atomic E-state index is 6.08. The molecule has 0 bridgehead atoms. The van der Waals surface area contributed by atoms with Crippen molar-refractivity contribution in [2.45, 2.75) is 39.5 Å². The van der Waals surface area contributed by atoms with Gasteiger partial charge in [0.05, 0.1) is 13.2 Å². The zero-order chi connectivity index (χ0) is 15.3. The van der Waals surface area contributed by atoms with Crippen LogP contribution < -0.4 is 0 Å². The summed E-state index contributed by atoms with van der Waals surface area (Å²) in [5.41, 5.74) is 0. The third-order valence-electron chi connectivity index (χ3n) is 2.17. The molecule has 0 aromatic carbocycles. The van der Waals surface area contributed by atoms with Crippen LogP contribution in [0, 0.1) is 0 Å². The molecular formula is C8H18Cl4N3O2P3. The second-order valence-corrected chi connectivity index (χ2v) is 16.2. The van der Waals surface area contributed by atoms with Gasteiger partial charge in [-0.1, -0.05) is 26.7 Å². The van der Waals surface area contributed by atoms with Crippen LogP contribution in [0.4, 0.5) is 0 Å². The minimum absolute atomic E-state index is 0.449. The number of hydrogen-bond acceptors (Lipinski definition) is 5. The fourth-order valence-electron chi connectivity index (χ4n) is 1.25. The van der Waals surface area contributed by atoms with E-state index >= 15 is 0 Å². The average Bonchev–Trinajstić information content (AvgIpc) is 2.25. The summed E-state index contributed by atoms with van der Waals surface area (Å²) in [4.78, 5) is 0. The third kappa shape index (κ3) is 6.90. The molecule has 20 heavy (non-hydrogen) atoms. The van der Waals surface area contributed by atoms with Gasteiger partial charge in [0.1, 0.15) is 0 Å². The molecule has 0 aromatic rings. The van der Waals surface area contributed by atoms with Crippen LogP contribution in [0.25, 0.3) is 0 Å². The van der Waals surface area contributed by atoms with Crippen LogP contribution in [0.5, 0.6) is 0 Å². The number of unbranched alkanes of at least 4 members (excludes halogenated alkanes) is 2. The molecule has 12 heteroatoms. The molecule has 0 N–H and O–H groups in total. The van der Waals surface area contributed by atoms with E-state index in [1.54, 1.807) is 0 Å². The largest absolute Gasteiger partial charge is 0.345 e. The summed E-state index contributed by atoms with van der Waals surface area (Å²) in [5.74, 6) is -5.98. The quantitative estimate of drug-likeness (QED) is 0.291. The second-order valence-electron chi connectivity index (χ2n) is 4.04. The minimum Gasteiger partial charge on any atom is -0.306 e. The van der Waals surface area contributed by atoms with Gasteiger partial charge in [-0.3, -0.25) is 0 Å². The molecule has 0 radical (unpaired) electrons. The lowest BCUT2D eigenvalue weighted by Crippen LogP contribution is -1.98. The Morgan fingerprint density at radius 3 is 1.60 bits per heavy atom. The van der Waals surface area contributed by atoms with E-state index in [0.29, 0.717) is 13.2 Å². The molecule has 1 aliphatic rings. The van der Waals surface area contributed by atoms with E-state index in [1.807, 2.05) is 0 Å². The van der Waals surface area contributed by atoms with Gasteiger partial charge in [-0.2, -0.15) is 13.5 Å². The van der Waals surface area contributed by atoms with Gasteiger partial charge in [0.2, 0.25) is 0 Å². The first-order valence-electron chi connectivity index (χ1n) is 6.23. The number of rotatable bonds is 8. The zero-order valence-electron chi connectivity index (χ0n) is 11.3. The maximum atomic E-state index is 6.08. The molecular weight excluding hydrogens is 405 g/mol. The summed E-state index contributed by atoms with van der Waals surface area (Å²) in [5, 5.41) is 0. The third-order valence-corrected chi connectivity index (χ3v) is 13.3. The van der Waals surface area contributed by atoms with Gasteiger partial charge in [0, 0.05) is 0 Å². The molecule has 1 aliphatic heterocycles. The number of halogens is 4. The molecule has 120 valence electrons. The van der Waals surface area contributed by atoms with Gasteiger partial charge in [-0.05, 0) is 57.8 Å². The molecule has 0 amide bonds. The highest BCUT2D eigenvalue weighted by Crippen LogP contribution is 2.85. The van der Waals surface area contributed by atoms with Gasteiger partial charge >= 0.3 is 7.66 Å². The van der Waals surface area contributed by atoms with Crippen LogP contribution in [0.15, 0.2) is 13.5 Å². The summed E-state index contributed by atoms with van der Waals surface area (Å²) < 4.78 is 23.8. The highest BCUT2D eigenvalue weighted by atomic mass is 35.9. The average molecular weight is 423 g/mol. The molecule has 1 heterocycles. The first kappa shape index (κ1) is 19.8. The summed E-state index contributed by atoms with van der Waals surface area (Å²) in [7, 11) is -2.97. The Balaban J connectivity index is 3.07. The van der Waals surface area contributed by atoms with Crippen molar-refractivity contribution in [1.82, 2.24) is 0 Å². The summed E-state index contributed by atoms with van der Waals surface area (Å²) in [6.45, 7) is 5.01. The van der Waals surface area contributed by atoms with E-state index in [1.165, 1.54) is 0 Å². The van der Waals surface area contributed by atoms with Crippen molar-refractivity contribution in [2.75, 3.05) is 13.2 Å². The van der Waals surface area contributed by atoms with Crippen LogP contribution >= 0.6 is 64.4 Å².